The first-order chi connectivity index (χ1) is 28.1. The van der Waals surface area contributed by atoms with Crippen molar-refractivity contribution in [2.75, 3.05) is 7.11 Å². The number of nitrogens with zero attached hydrogens (tertiary/aromatic N) is 2. The van der Waals surface area contributed by atoms with Crippen LogP contribution in [0.3, 0.4) is 0 Å². The minimum Gasteiger partial charge on any atom is -0.477 e. The summed E-state index contributed by atoms with van der Waals surface area (Å²) in [5.41, 5.74) is -13.1. The summed E-state index contributed by atoms with van der Waals surface area (Å²) in [7, 11) is 1.62. The summed E-state index contributed by atoms with van der Waals surface area (Å²) in [6, 6.07) is 10.3. The van der Waals surface area contributed by atoms with Crippen molar-refractivity contribution in [1.82, 2.24) is 4.98 Å². The summed E-state index contributed by atoms with van der Waals surface area (Å²) in [5.74, 6) is -70.8. The minimum atomic E-state index is -7.22. The van der Waals surface area contributed by atoms with Crippen molar-refractivity contribution in [3.05, 3.63) is 171 Å². The van der Waals surface area contributed by atoms with Crippen molar-refractivity contribution < 1.29 is 97.1 Å². The van der Waals surface area contributed by atoms with Crippen molar-refractivity contribution >= 4 is 28.0 Å². The van der Waals surface area contributed by atoms with Gasteiger partial charge in [-0.3, -0.25) is 0 Å². The molecule has 316 valence electrons. The van der Waals surface area contributed by atoms with Gasteiger partial charge >= 0.3 is 0 Å². The van der Waals surface area contributed by atoms with Gasteiger partial charge in [0.1, 0.15) is 52.7 Å². The van der Waals surface area contributed by atoms with Crippen molar-refractivity contribution in [2.24, 2.45) is 0 Å². The maximum Gasteiger partial charge on any atom is 0.279 e. The third-order valence-electron chi connectivity index (χ3n) is 8.86. The van der Waals surface area contributed by atoms with E-state index in [1.165, 1.54) is 5.56 Å². The van der Waals surface area contributed by atoms with E-state index in [2.05, 4.69) is 17.1 Å². The third-order valence-corrected chi connectivity index (χ3v) is 8.86. The Labute approximate surface area is 320 Å². The number of hydrogen-bond donors (Lipinski definition) is 0. The molecule has 0 amide bonds. The average Bonchev–Trinajstić information content (AvgIpc) is 3.24. The molecule has 0 unspecified atom stereocenters. The number of ether oxygens (including phenoxy) is 1. The largest absolute Gasteiger partial charge is 0.477 e. The minimum absolute atomic E-state index is 0.633. The zero-order valence-corrected chi connectivity index (χ0v) is 28.8. The maximum absolute atomic E-state index is 15.4. The number of rotatable bonds is 7. The Kier molecular flexibility index (Phi) is 12.5. The molecule has 1 heterocycles. The zero-order valence-electron chi connectivity index (χ0n) is 28.8. The van der Waals surface area contributed by atoms with E-state index in [4.69, 9.17) is 4.74 Å². The highest BCUT2D eigenvalue weighted by molar-refractivity contribution is 7.20. The van der Waals surface area contributed by atoms with E-state index in [-0.39, 0.29) is 0 Å². The second-order valence-electron chi connectivity index (χ2n) is 12.1. The van der Waals surface area contributed by atoms with Crippen molar-refractivity contribution in [2.45, 2.75) is 6.54 Å². The van der Waals surface area contributed by atoms with E-state index in [1.54, 1.807) is 13.3 Å². The fraction of sp³-hybridized carbons (Fsp3) is 0.0556. The Hall–Kier alpha value is -6.36. The molecule has 0 saturated carbocycles. The van der Waals surface area contributed by atoms with Crippen LogP contribution in [0.5, 0.6) is 5.88 Å². The molecular formula is C36H13BF20N2O. The van der Waals surface area contributed by atoms with Gasteiger partial charge < -0.3 is 4.74 Å². The summed E-state index contributed by atoms with van der Waals surface area (Å²) in [6.45, 7) is 0.833. The van der Waals surface area contributed by atoms with Gasteiger partial charge in [0.25, 0.3) is 5.88 Å². The molecule has 0 spiro atoms. The lowest BCUT2D eigenvalue weighted by Gasteiger charge is -2.44. The van der Waals surface area contributed by atoms with Crippen LogP contribution < -0.4 is 31.2 Å². The second kappa shape index (κ2) is 16.7. The summed E-state index contributed by atoms with van der Waals surface area (Å²) in [5, 5.41) is 0. The van der Waals surface area contributed by atoms with Crippen molar-refractivity contribution in [3.8, 4) is 5.88 Å². The molecule has 6 rings (SSSR count). The predicted octanol–water partition coefficient (Wildman–Crippen LogP) is 7.27. The molecule has 0 N–H and O–H groups in total. The molecule has 0 atom stereocenters. The molecule has 1 aromatic heterocycles. The standard InChI is InChI=1S/C24BF20.C12H13N2O/c26-5-1(6(27)14(35)21(42)13(5)34)25(2-7(28)15(36)22(43)16(37)8(2)29,3-9(30)17(38)23(44)18(39)10(3)31)4-11(32)19(40)24(45)20(41)12(4)33;1-15-12-10-14(8-7-13-12)9-11-5-3-2-4-6-11/h;2-8,10H,9H2,1H3/q-1;+1. The molecule has 60 heavy (non-hydrogen) atoms. The highest BCUT2D eigenvalue weighted by Crippen LogP contribution is 2.30. The van der Waals surface area contributed by atoms with Crippen LogP contribution in [0, 0.1) is 116 Å². The van der Waals surface area contributed by atoms with Crippen LogP contribution in [0.15, 0.2) is 48.9 Å². The monoisotopic (exact) mass is 880 g/mol. The van der Waals surface area contributed by atoms with E-state index < -0.39 is 144 Å². The SMILES string of the molecule is COc1c[n+](Cc2ccccc2)ccn1.Fc1c(F)c(F)c([B-](c2c(F)c(F)c(F)c(F)c2F)(c2c(F)c(F)c(F)c(F)c2F)c2c(F)c(F)c(F)c(F)c2F)c(F)c1F. The topological polar surface area (TPSA) is 26.0 Å². The first kappa shape index (κ1) is 44.7. The van der Waals surface area contributed by atoms with Gasteiger partial charge in [0, 0.05) is 5.56 Å². The summed E-state index contributed by atoms with van der Waals surface area (Å²) in [6.07, 6.45) is -1.67. The molecule has 24 heteroatoms. The van der Waals surface area contributed by atoms with Gasteiger partial charge in [-0.2, -0.15) is 4.57 Å². The molecule has 0 aliphatic rings. The van der Waals surface area contributed by atoms with Crippen LogP contribution in [0.4, 0.5) is 87.8 Å². The normalized spacial score (nSPS) is 11.5. The molecule has 0 fully saturated rings. The Morgan fingerprint density at radius 1 is 0.417 bits per heavy atom. The fourth-order valence-electron chi connectivity index (χ4n) is 6.28. The number of benzene rings is 5. The number of methoxy groups -OCH3 is 1. The zero-order chi connectivity index (χ0) is 44.9. The highest BCUT2D eigenvalue weighted by atomic mass is 19.2. The fourth-order valence-corrected chi connectivity index (χ4v) is 6.28. The molecule has 6 aromatic rings. The molecular weight excluding hydrogens is 867 g/mol. The van der Waals surface area contributed by atoms with Crippen LogP contribution in [0.25, 0.3) is 0 Å². The van der Waals surface area contributed by atoms with Gasteiger partial charge in [-0.15, -0.1) is 21.9 Å². The molecule has 0 bridgehead atoms. The van der Waals surface area contributed by atoms with Gasteiger partial charge in [-0.25, -0.2) is 92.8 Å². The molecule has 0 aliphatic carbocycles. The van der Waals surface area contributed by atoms with Crippen LogP contribution >= 0.6 is 0 Å². The Morgan fingerprint density at radius 2 is 0.683 bits per heavy atom. The van der Waals surface area contributed by atoms with E-state index >= 15 is 35.1 Å². The summed E-state index contributed by atoms with van der Waals surface area (Å²) in [4.78, 5) is 4.06. The van der Waals surface area contributed by atoms with E-state index in [0.29, 0.717) is 5.88 Å². The van der Waals surface area contributed by atoms with Crippen LogP contribution in [0.1, 0.15) is 5.56 Å². The lowest BCUT2D eigenvalue weighted by molar-refractivity contribution is -0.689. The van der Waals surface area contributed by atoms with Gasteiger partial charge in [0.2, 0.25) is 6.20 Å². The molecule has 0 radical (unpaired) electrons. The number of halogens is 20. The van der Waals surface area contributed by atoms with E-state index in [9.17, 15) is 52.7 Å². The van der Waals surface area contributed by atoms with Crippen molar-refractivity contribution in [3.63, 3.8) is 0 Å². The van der Waals surface area contributed by atoms with Gasteiger partial charge in [0.05, 0.1) is 13.3 Å². The van der Waals surface area contributed by atoms with Crippen molar-refractivity contribution in [1.29, 1.82) is 0 Å². The summed E-state index contributed by atoms with van der Waals surface area (Å²) < 4.78 is 301. The van der Waals surface area contributed by atoms with Gasteiger partial charge in [-0.05, 0) is 0 Å². The Bertz CT molecular complexity index is 2300. The Balaban J connectivity index is 0.000000379. The highest BCUT2D eigenvalue weighted by Gasteiger charge is 2.52. The van der Waals surface area contributed by atoms with Gasteiger partial charge in [-0.1, -0.05) is 30.3 Å². The maximum atomic E-state index is 15.4. The lowest BCUT2D eigenvalue weighted by atomic mass is 9.12. The number of hydrogen-bond acceptors (Lipinski definition) is 2. The first-order valence-electron chi connectivity index (χ1n) is 15.7. The number of aromatic nitrogens is 2. The second-order valence-corrected chi connectivity index (χ2v) is 12.1. The molecule has 3 nitrogen and oxygen atoms in total. The van der Waals surface area contributed by atoms with Crippen LogP contribution in [-0.4, -0.2) is 18.2 Å². The van der Waals surface area contributed by atoms with Crippen LogP contribution in [-0.2, 0) is 6.54 Å². The molecule has 5 aromatic carbocycles. The lowest BCUT2D eigenvalue weighted by Crippen LogP contribution is -2.81. The summed E-state index contributed by atoms with van der Waals surface area (Å²) >= 11 is 0. The van der Waals surface area contributed by atoms with E-state index in [0.717, 1.165) is 6.54 Å². The molecule has 0 saturated heterocycles. The predicted molar refractivity (Wildman–Crippen MR) is 166 cm³/mol. The third kappa shape index (κ3) is 6.99. The van der Waals surface area contributed by atoms with E-state index in [1.807, 2.05) is 35.2 Å². The van der Waals surface area contributed by atoms with Gasteiger partial charge in [0.15, 0.2) is 82.5 Å². The smallest absolute Gasteiger partial charge is 0.279 e. The molecule has 0 aliphatic heterocycles. The quantitative estimate of drug-likeness (QED) is 0.0555. The first-order valence-corrected chi connectivity index (χ1v) is 15.7. The van der Waals surface area contributed by atoms with Crippen LogP contribution in [0.2, 0.25) is 0 Å². The Morgan fingerprint density at radius 3 is 0.950 bits per heavy atom. The average molecular weight is 880 g/mol.